The number of ether oxygens (including phenoxy) is 2. The molecular weight excluding hydrogens is 274 g/mol. The minimum Gasteiger partial charge on any atom is -0.465 e. The molecule has 0 N–H and O–H groups in total. The predicted octanol–water partition coefficient (Wildman–Crippen LogP) is 1.47. The van der Waals surface area contributed by atoms with E-state index in [2.05, 4.69) is 0 Å². The van der Waals surface area contributed by atoms with Gasteiger partial charge in [-0.1, -0.05) is 0 Å². The van der Waals surface area contributed by atoms with Crippen LogP contribution in [-0.4, -0.2) is 48.7 Å². The fraction of sp³-hybridized carbons (Fsp3) is 0.467. The van der Waals surface area contributed by atoms with Crippen molar-refractivity contribution in [3.63, 3.8) is 0 Å². The van der Waals surface area contributed by atoms with E-state index in [9.17, 15) is 9.59 Å². The summed E-state index contributed by atoms with van der Waals surface area (Å²) in [5.41, 5.74) is 0. The molecule has 6 nitrogen and oxygen atoms in total. The van der Waals surface area contributed by atoms with E-state index in [0.717, 1.165) is 0 Å². The van der Waals surface area contributed by atoms with Gasteiger partial charge in [0.2, 0.25) is 0 Å². The van der Waals surface area contributed by atoms with Crippen LogP contribution in [0.25, 0.3) is 6.08 Å². The standard InChI is InChI=1S/C15H19NO5/c1-11-8-16(9-12(2)21-11)14(17)10-20-15(18)6-5-13-4-3-7-19-13/h3-7,11-12H,8-10H2,1-2H3/b6-5+/t11-,12-/m0/s1. The monoisotopic (exact) mass is 293 g/mol. The number of esters is 1. The van der Waals surface area contributed by atoms with Gasteiger partial charge in [0.05, 0.1) is 18.5 Å². The van der Waals surface area contributed by atoms with Gasteiger partial charge in [0.15, 0.2) is 6.61 Å². The minimum atomic E-state index is -0.575. The minimum absolute atomic E-state index is 0.00718. The van der Waals surface area contributed by atoms with E-state index in [1.54, 1.807) is 17.0 Å². The molecule has 0 unspecified atom stereocenters. The van der Waals surface area contributed by atoms with Gasteiger partial charge in [-0.15, -0.1) is 0 Å². The average Bonchev–Trinajstić information content (AvgIpc) is 2.94. The van der Waals surface area contributed by atoms with E-state index in [1.165, 1.54) is 18.4 Å². The molecule has 1 aromatic heterocycles. The molecule has 0 aliphatic carbocycles. The van der Waals surface area contributed by atoms with Gasteiger partial charge in [-0.3, -0.25) is 4.79 Å². The predicted molar refractivity (Wildman–Crippen MR) is 75.3 cm³/mol. The van der Waals surface area contributed by atoms with Crippen LogP contribution in [0.3, 0.4) is 0 Å². The summed E-state index contributed by atoms with van der Waals surface area (Å²) in [6, 6.07) is 3.43. The molecule has 0 aromatic carbocycles. The van der Waals surface area contributed by atoms with E-state index in [1.807, 2.05) is 13.8 Å². The number of morpholine rings is 1. The van der Waals surface area contributed by atoms with Crippen LogP contribution >= 0.6 is 0 Å². The van der Waals surface area contributed by atoms with Crippen molar-refractivity contribution in [1.82, 2.24) is 4.90 Å². The average molecular weight is 293 g/mol. The highest BCUT2D eigenvalue weighted by molar-refractivity contribution is 5.88. The second-order valence-corrected chi connectivity index (χ2v) is 5.01. The van der Waals surface area contributed by atoms with Crippen molar-refractivity contribution >= 4 is 18.0 Å². The first-order valence-electron chi connectivity index (χ1n) is 6.86. The Balaban J connectivity index is 1.77. The summed E-state index contributed by atoms with van der Waals surface area (Å²) in [6.45, 7) is 4.59. The molecule has 1 amide bonds. The highest BCUT2D eigenvalue weighted by atomic mass is 16.5. The van der Waals surface area contributed by atoms with Crippen molar-refractivity contribution in [1.29, 1.82) is 0 Å². The molecule has 2 atom stereocenters. The largest absolute Gasteiger partial charge is 0.465 e. The van der Waals surface area contributed by atoms with Crippen molar-refractivity contribution in [2.45, 2.75) is 26.1 Å². The van der Waals surface area contributed by atoms with Crippen LogP contribution in [0.2, 0.25) is 0 Å². The maximum absolute atomic E-state index is 12.0. The second-order valence-electron chi connectivity index (χ2n) is 5.01. The lowest BCUT2D eigenvalue weighted by Gasteiger charge is -2.35. The molecule has 1 fully saturated rings. The van der Waals surface area contributed by atoms with Crippen LogP contribution < -0.4 is 0 Å². The highest BCUT2D eigenvalue weighted by Gasteiger charge is 2.26. The molecule has 0 bridgehead atoms. The zero-order valence-electron chi connectivity index (χ0n) is 12.2. The fourth-order valence-electron chi connectivity index (χ4n) is 2.19. The molecule has 2 rings (SSSR count). The van der Waals surface area contributed by atoms with Crippen molar-refractivity contribution < 1.29 is 23.5 Å². The van der Waals surface area contributed by atoms with E-state index in [-0.39, 0.29) is 24.7 Å². The molecule has 0 saturated carbocycles. The summed E-state index contributed by atoms with van der Waals surface area (Å²) >= 11 is 0. The quantitative estimate of drug-likeness (QED) is 0.621. The molecule has 21 heavy (non-hydrogen) atoms. The third kappa shape index (κ3) is 4.75. The molecule has 2 heterocycles. The Hall–Kier alpha value is -2.08. The molecular formula is C15H19NO5. The second kappa shape index (κ2) is 7.08. The van der Waals surface area contributed by atoms with Gasteiger partial charge in [0.25, 0.3) is 5.91 Å². The van der Waals surface area contributed by atoms with Crippen LogP contribution in [0.4, 0.5) is 0 Å². The zero-order valence-corrected chi connectivity index (χ0v) is 12.2. The van der Waals surface area contributed by atoms with Gasteiger partial charge < -0.3 is 18.8 Å². The number of carbonyl (C=O) groups is 2. The fourth-order valence-corrected chi connectivity index (χ4v) is 2.19. The van der Waals surface area contributed by atoms with E-state index >= 15 is 0 Å². The van der Waals surface area contributed by atoms with Crippen LogP contribution in [0.15, 0.2) is 28.9 Å². The molecule has 0 spiro atoms. The normalized spacial score (nSPS) is 22.5. The van der Waals surface area contributed by atoms with Crippen LogP contribution in [0.1, 0.15) is 19.6 Å². The smallest absolute Gasteiger partial charge is 0.331 e. The number of carbonyl (C=O) groups excluding carboxylic acids is 2. The summed E-state index contributed by atoms with van der Waals surface area (Å²) in [7, 11) is 0. The van der Waals surface area contributed by atoms with Crippen molar-refractivity contribution in [3.8, 4) is 0 Å². The molecule has 1 saturated heterocycles. The number of hydrogen-bond donors (Lipinski definition) is 0. The Morgan fingerprint density at radius 2 is 2.10 bits per heavy atom. The Morgan fingerprint density at radius 3 is 2.71 bits per heavy atom. The van der Waals surface area contributed by atoms with E-state index in [4.69, 9.17) is 13.9 Å². The van der Waals surface area contributed by atoms with Gasteiger partial charge in [0.1, 0.15) is 5.76 Å². The zero-order chi connectivity index (χ0) is 15.2. The molecule has 1 aliphatic heterocycles. The summed E-state index contributed by atoms with van der Waals surface area (Å²) in [5.74, 6) is -0.236. The topological polar surface area (TPSA) is 69.0 Å². The van der Waals surface area contributed by atoms with Gasteiger partial charge in [-0.05, 0) is 32.1 Å². The SMILES string of the molecule is C[C@H]1CN(C(=O)COC(=O)/C=C/c2ccco2)C[C@H](C)O1. The first-order chi connectivity index (χ1) is 10.0. The first-order valence-corrected chi connectivity index (χ1v) is 6.86. The summed E-state index contributed by atoms with van der Waals surface area (Å²) < 4.78 is 15.5. The van der Waals surface area contributed by atoms with Crippen LogP contribution in [0, 0.1) is 0 Å². The summed E-state index contributed by atoms with van der Waals surface area (Å²) in [6.07, 6.45) is 4.22. The van der Waals surface area contributed by atoms with Crippen molar-refractivity contribution in [3.05, 3.63) is 30.2 Å². The Bertz CT molecular complexity index is 498. The molecule has 1 aromatic rings. The molecule has 0 radical (unpaired) electrons. The lowest BCUT2D eigenvalue weighted by molar-refractivity contribution is -0.154. The third-order valence-corrected chi connectivity index (χ3v) is 3.04. The molecule has 1 aliphatic rings. The summed E-state index contributed by atoms with van der Waals surface area (Å²) in [4.78, 5) is 25.1. The number of rotatable bonds is 4. The highest BCUT2D eigenvalue weighted by Crippen LogP contribution is 2.10. The van der Waals surface area contributed by atoms with Gasteiger partial charge in [0, 0.05) is 19.2 Å². The van der Waals surface area contributed by atoms with Gasteiger partial charge in [-0.25, -0.2) is 4.79 Å². The van der Waals surface area contributed by atoms with Crippen LogP contribution in [-0.2, 0) is 19.1 Å². The van der Waals surface area contributed by atoms with Gasteiger partial charge >= 0.3 is 5.97 Å². The Kier molecular flexibility index (Phi) is 5.16. The molecule has 6 heteroatoms. The van der Waals surface area contributed by atoms with Crippen molar-refractivity contribution in [2.75, 3.05) is 19.7 Å². The van der Waals surface area contributed by atoms with Gasteiger partial charge in [-0.2, -0.15) is 0 Å². The number of furan rings is 1. The van der Waals surface area contributed by atoms with Crippen molar-refractivity contribution in [2.24, 2.45) is 0 Å². The lowest BCUT2D eigenvalue weighted by atomic mass is 10.2. The lowest BCUT2D eigenvalue weighted by Crippen LogP contribution is -2.49. The Morgan fingerprint density at radius 1 is 1.38 bits per heavy atom. The van der Waals surface area contributed by atoms with E-state index in [0.29, 0.717) is 18.8 Å². The maximum atomic E-state index is 12.0. The Labute approximate surface area is 123 Å². The third-order valence-electron chi connectivity index (χ3n) is 3.04. The van der Waals surface area contributed by atoms with E-state index < -0.39 is 5.97 Å². The number of nitrogens with zero attached hydrogens (tertiary/aromatic N) is 1. The number of amides is 1. The maximum Gasteiger partial charge on any atom is 0.331 e. The molecule has 114 valence electrons. The summed E-state index contributed by atoms with van der Waals surface area (Å²) in [5, 5.41) is 0. The first kappa shape index (κ1) is 15.3. The van der Waals surface area contributed by atoms with Crippen LogP contribution in [0.5, 0.6) is 0 Å². The number of hydrogen-bond acceptors (Lipinski definition) is 5.